The number of aromatic nitrogens is 3. The number of para-hydroxylation sites is 1. The number of hydrogen-bond donors (Lipinski definition) is 0. The highest BCUT2D eigenvalue weighted by atomic mass is 32.1. The molecule has 11 aromatic rings. The number of rotatable bonds is 6. The van der Waals surface area contributed by atoms with Crippen molar-refractivity contribution < 1.29 is 4.42 Å². The maximum absolute atomic E-state index is 6.72. The van der Waals surface area contributed by atoms with Crippen molar-refractivity contribution in [3.05, 3.63) is 188 Å². The predicted octanol–water partition coefficient (Wildman–Crippen LogP) is 14.1. The molecule has 0 radical (unpaired) electrons. The van der Waals surface area contributed by atoms with Crippen molar-refractivity contribution in [3.8, 4) is 67.5 Å². The first kappa shape index (κ1) is 32.2. The summed E-state index contributed by atoms with van der Waals surface area (Å²) in [5, 5.41) is 4.63. The van der Waals surface area contributed by atoms with E-state index in [4.69, 9.17) is 19.4 Å². The van der Waals surface area contributed by atoms with E-state index in [2.05, 4.69) is 146 Å². The van der Waals surface area contributed by atoms with Crippen molar-refractivity contribution >= 4 is 53.4 Å². The van der Waals surface area contributed by atoms with Crippen molar-refractivity contribution in [1.82, 2.24) is 15.0 Å². The lowest BCUT2D eigenvalue weighted by molar-refractivity contribution is 0.669. The Hall–Kier alpha value is -7.21. The smallest absolute Gasteiger partial charge is 0.167 e. The fraction of sp³-hybridized carbons (Fsp3) is 0. The van der Waals surface area contributed by atoms with E-state index in [-0.39, 0.29) is 0 Å². The lowest BCUT2D eigenvalue weighted by Gasteiger charge is -2.13. The van der Waals surface area contributed by atoms with Gasteiger partial charge in [0, 0.05) is 42.1 Å². The van der Waals surface area contributed by atoms with Gasteiger partial charge in [0.2, 0.25) is 0 Å². The van der Waals surface area contributed by atoms with Crippen molar-refractivity contribution in [1.29, 1.82) is 0 Å². The van der Waals surface area contributed by atoms with Crippen LogP contribution in [0.4, 0.5) is 0 Å². The molecule has 0 spiro atoms. The zero-order chi connectivity index (χ0) is 37.0. The topological polar surface area (TPSA) is 51.8 Å². The molecule has 5 heteroatoms. The zero-order valence-electron chi connectivity index (χ0n) is 30.1. The maximum atomic E-state index is 6.72. The number of benzene rings is 8. The molecule has 0 saturated heterocycles. The van der Waals surface area contributed by atoms with E-state index >= 15 is 0 Å². The first-order valence-corrected chi connectivity index (χ1v) is 19.5. The van der Waals surface area contributed by atoms with Crippen LogP contribution in [0.5, 0.6) is 0 Å². The summed E-state index contributed by atoms with van der Waals surface area (Å²) in [6, 6.07) is 65.7. The Morgan fingerprint density at radius 2 is 0.929 bits per heavy atom. The van der Waals surface area contributed by atoms with Crippen LogP contribution in [-0.4, -0.2) is 15.0 Å². The second-order valence-electron chi connectivity index (χ2n) is 13.9. The van der Waals surface area contributed by atoms with Gasteiger partial charge < -0.3 is 4.42 Å². The molecule has 0 N–H and O–H groups in total. The van der Waals surface area contributed by atoms with Crippen molar-refractivity contribution in [2.75, 3.05) is 0 Å². The molecule has 11 rings (SSSR count). The summed E-state index contributed by atoms with van der Waals surface area (Å²) in [5.74, 6) is 1.78. The van der Waals surface area contributed by atoms with Crippen LogP contribution in [0, 0.1) is 0 Å². The lowest BCUT2D eigenvalue weighted by atomic mass is 9.90. The first-order valence-electron chi connectivity index (χ1n) is 18.7. The van der Waals surface area contributed by atoms with Crippen LogP contribution < -0.4 is 0 Å². The quantitative estimate of drug-likeness (QED) is 0.171. The summed E-state index contributed by atoms with van der Waals surface area (Å²) >= 11 is 1.85. The van der Waals surface area contributed by atoms with Crippen molar-refractivity contribution in [2.45, 2.75) is 0 Å². The van der Waals surface area contributed by atoms with E-state index < -0.39 is 0 Å². The van der Waals surface area contributed by atoms with Gasteiger partial charge in [0.1, 0.15) is 11.2 Å². The van der Waals surface area contributed by atoms with Gasteiger partial charge in [-0.15, -0.1) is 11.3 Å². The van der Waals surface area contributed by atoms with E-state index in [1.807, 2.05) is 53.8 Å². The van der Waals surface area contributed by atoms with Gasteiger partial charge in [-0.25, -0.2) is 15.0 Å². The highest BCUT2D eigenvalue weighted by Crippen LogP contribution is 2.46. The van der Waals surface area contributed by atoms with Crippen LogP contribution >= 0.6 is 11.3 Å². The lowest BCUT2D eigenvalue weighted by Crippen LogP contribution is -2.00. The molecular weight excluding hydrogens is 703 g/mol. The molecule has 8 aromatic carbocycles. The third-order valence-corrected chi connectivity index (χ3v) is 11.7. The Bertz CT molecular complexity index is 3230. The normalized spacial score (nSPS) is 11.6. The molecule has 0 bridgehead atoms. The number of furan rings is 1. The third-order valence-electron chi connectivity index (χ3n) is 10.6. The molecule has 0 aliphatic rings. The fourth-order valence-electron chi connectivity index (χ4n) is 7.89. The third kappa shape index (κ3) is 5.48. The van der Waals surface area contributed by atoms with Gasteiger partial charge in [-0.3, -0.25) is 0 Å². The first-order chi connectivity index (χ1) is 27.7. The van der Waals surface area contributed by atoms with Crippen LogP contribution in [0.1, 0.15) is 0 Å². The summed E-state index contributed by atoms with van der Waals surface area (Å²) in [6.45, 7) is 0. The minimum absolute atomic E-state index is 0.562. The zero-order valence-corrected chi connectivity index (χ0v) is 30.9. The largest absolute Gasteiger partial charge is 0.455 e. The fourth-order valence-corrected chi connectivity index (χ4v) is 9.00. The minimum atomic E-state index is 0.562. The van der Waals surface area contributed by atoms with E-state index in [0.29, 0.717) is 17.5 Å². The van der Waals surface area contributed by atoms with Crippen molar-refractivity contribution in [2.24, 2.45) is 0 Å². The van der Waals surface area contributed by atoms with Gasteiger partial charge in [0.05, 0.1) is 5.56 Å². The molecule has 0 aliphatic heterocycles. The number of nitrogens with zero attached hydrogens (tertiary/aromatic N) is 3. The molecule has 0 unspecified atom stereocenters. The molecule has 262 valence electrons. The second-order valence-corrected chi connectivity index (χ2v) is 15.0. The standard InChI is InChI=1S/C51H31N3OS/c1-4-13-32(14-5-1)33-23-25-36(26-24-33)50-52-49(35-17-8-3-9-18-35)53-51(54-50)41-21-12-20-39-42-31-37(27-29-43(42)55-48(39)41)38-28-30-45-47(40-19-10-11-22-44(40)56-45)46(38)34-15-6-2-7-16-34/h1-31H. The molecule has 0 fully saturated rings. The summed E-state index contributed by atoms with van der Waals surface area (Å²) in [5.41, 5.74) is 11.3. The highest BCUT2D eigenvalue weighted by Gasteiger charge is 2.20. The maximum Gasteiger partial charge on any atom is 0.167 e. The van der Waals surface area contributed by atoms with Gasteiger partial charge in [-0.2, -0.15) is 0 Å². The Morgan fingerprint density at radius 1 is 0.357 bits per heavy atom. The predicted molar refractivity (Wildman–Crippen MR) is 233 cm³/mol. The molecule has 0 saturated carbocycles. The minimum Gasteiger partial charge on any atom is -0.455 e. The van der Waals surface area contributed by atoms with Crippen molar-refractivity contribution in [3.63, 3.8) is 0 Å². The molecule has 3 heterocycles. The van der Waals surface area contributed by atoms with Gasteiger partial charge in [0.15, 0.2) is 17.5 Å². The summed E-state index contributed by atoms with van der Waals surface area (Å²) in [6.07, 6.45) is 0. The average molecular weight is 734 g/mol. The Labute approximate surface area is 327 Å². The Balaban J connectivity index is 1.07. The molecule has 0 atom stereocenters. The molecular formula is C51H31N3OS. The molecule has 4 nitrogen and oxygen atoms in total. The summed E-state index contributed by atoms with van der Waals surface area (Å²) < 4.78 is 9.29. The van der Waals surface area contributed by atoms with Gasteiger partial charge in [-0.1, -0.05) is 158 Å². The van der Waals surface area contributed by atoms with Gasteiger partial charge >= 0.3 is 0 Å². The molecule has 3 aromatic heterocycles. The van der Waals surface area contributed by atoms with Crippen LogP contribution in [0.3, 0.4) is 0 Å². The van der Waals surface area contributed by atoms with Crippen LogP contribution in [0.2, 0.25) is 0 Å². The van der Waals surface area contributed by atoms with E-state index in [1.54, 1.807) is 0 Å². The number of fused-ring (bicyclic) bond motifs is 6. The van der Waals surface area contributed by atoms with E-state index in [1.165, 1.54) is 36.9 Å². The van der Waals surface area contributed by atoms with E-state index in [9.17, 15) is 0 Å². The van der Waals surface area contributed by atoms with Crippen LogP contribution in [0.25, 0.3) is 110 Å². The highest BCUT2D eigenvalue weighted by molar-refractivity contribution is 7.26. The Kier molecular flexibility index (Phi) is 7.64. The Morgan fingerprint density at radius 3 is 1.68 bits per heavy atom. The average Bonchev–Trinajstić information content (AvgIpc) is 3.85. The van der Waals surface area contributed by atoms with Crippen LogP contribution in [0.15, 0.2) is 192 Å². The summed E-state index contributed by atoms with van der Waals surface area (Å²) in [7, 11) is 0. The second kappa shape index (κ2) is 13.3. The molecule has 0 amide bonds. The SMILES string of the molecule is c1ccc(-c2ccc(-c3nc(-c4ccccc4)nc(-c4cccc5c4oc4ccc(-c6ccc7sc8ccccc8c7c6-c6ccccc6)cc45)n3)cc2)cc1. The molecule has 0 aliphatic carbocycles. The van der Waals surface area contributed by atoms with Gasteiger partial charge in [0.25, 0.3) is 0 Å². The summed E-state index contributed by atoms with van der Waals surface area (Å²) in [4.78, 5) is 15.2. The van der Waals surface area contributed by atoms with Crippen LogP contribution in [-0.2, 0) is 0 Å². The van der Waals surface area contributed by atoms with Gasteiger partial charge in [-0.05, 0) is 63.7 Å². The number of thiophene rings is 1. The molecule has 56 heavy (non-hydrogen) atoms. The van der Waals surface area contributed by atoms with E-state index in [0.717, 1.165) is 55.3 Å². The monoisotopic (exact) mass is 733 g/mol. The number of hydrogen-bond acceptors (Lipinski definition) is 5.